The zero-order valence-corrected chi connectivity index (χ0v) is 14.3. The topological polar surface area (TPSA) is 77.8 Å². The molecule has 2 atom stereocenters. The van der Waals surface area contributed by atoms with E-state index in [9.17, 15) is 15.0 Å². The third-order valence-electron chi connectivity index (χ3n) is 4.11. The van der Waals surface area contributed by atoms with Gasteiger partial charge in [-0.3, -0.25) is 4.79 Å². The molecule has 0 bridgehead atoms. The molecule has 0 aliphatic heterocycles. The lowest BCUT2D eigenvalue weighted by Crippen LogP contribution is -2.17. The van der Waals surface area contributed by atoms with Gasteiger partial charge in [-0.15, -0.1) is 0 Å². The molecule has 0 saturated heterocycles. The normalized spacial score (nSPS) is 14.0. The molecule has 0 heterocycles. The van der Waals surface area contributed by atoms with Gasteiger partial charge in [-0.05, 0) is 25.7 Å². The number of aliphatic hydroxyl groups is 2. The zero-order valence-electron chi connectivity index (χ0n) is 14.3. The number of rotatable bonds is 16. The molecule has 3 N–H and O–H groups in total. The van der Waals surface area contributed by atoms with E-state index in [0.717, 1.165) is 57.8 Å². The standard InChI is InChI=1S/C18H36O4/c1-2-3-4-9-12-16(19)15-17(20)13-10-7-5-6-8-11-14-18(21)22/h16-17,19-20H,2-15H2,1H3,(H,21,22)/t16-,17+/m1/s1. The molecule has 0 unspecified atom stereocenters. The molecule has 132 valence electrons. The van der Waals surface area contributed by atoms with E-state index < -0.39 is 5.97 Å². The lowest BCUT2D eigenvalue weighted by Gasteiger charge is -2.15. The van der Waals surface area contributed by atoms with Crippen molar-refractivity contribution in [3.05, 3.63) is 0 Å². The number of aliphatic hydroxyl groups excluding tert-OH is 2. The predicted octanol–water partition coefficient (Wildman–Crippen LogP) is 4.27. The number of aliphatic carboxylic acids is 1. The molecule has 0 spiro atoms. The number of hydrogen-bond acceptors (Lipinski definition) is 3. The van der Waals surface area contributed by atoms with Gasteiger partial charge in [-0.2, -0.15) is 0 Å². The van der Waals surface area contributed by atoms with E-state index in [-0.39, 0.29) is 18.6 Å². The average molecular weight is 316 g/mol. The fourth-order valence-corrected chi connectivity index (χ4v) is 2.72. The second-order valence-corrected chi connectivity index (χ2v) is 6.45. The largest absolute Gasteiger partial charge is 0.481 e. The van der Waals surface area contributed by atoms with Gasteiger partial charge >= 0.3 is 5.97 Å². The van der Waals surface area contributed by atoms with E-state index in [1.165, 1.54) is 19.3 Å². The van der Waals surface area contributed by atoms with Gasteiger partial charge in [-0.1, -0.05) is 64.7 Å². The average Bonchev–Trinajstić information content (AvgIpc) is 2.46. The van der Waals surface area contributed by atoms with Crippen molar-refractivity contribution >= 4 is 5.97 Å². The van der Waals surface area contributed by atoms with Gasteiger partial charge < -0.3 is 15.3 Å². The molecule has 0 radical (unpaired) electrons. The van der Waals surface area contributed by atoms with Crippen LogP contribution in [0.2, 0.25) is 0 Å². The third-order valence-corrected chi connectivity index (χ3v) is 4.11. The highest BCUT2D eigenvalue weighted by Crippen LogP contribution is 2.14. The molecule has 0 aliphatic rings. The number of carboxylic acids is 1. The first-order valence-electron chi connectivity index (χ1n) is 9.14. The summed E-state index contributed by atoms with van der Waals surface area (Å²) in [7, 11) is 0. The van der Waals surface area contributed by atoms with Gasteiger partial charge in [0.15, 0.2) is 0 Å². The van der Waals surface area contributed by atoms with Crippen molar-refractivity contribution in [3.8, 4) is 0 Å². The molecule has 0 aliphatic carbocycles. The lowest BCUT2D eigenvalue weighted by atomic mass is 10.00. The van der Waals surface area contributed by atoms with Gasteiger partial charge in [0.25, 0.3) is 0 Å². The smallest absolute Gasteiger partial charge is 0.303 e. The fraction of sp³-hybridized carbons (Fsp3) is 0.944. The highest BCUT2D eigenvalue weighted by Gasteiger charge is 2.11. The molecular formula is C18H36O4. The van der Waals surface area contributed by atoms with Crippen LogP contribution in [0.15, 0.2) is 0 Å². The van der Waals surface area contributed by atoms with Crippen LogP contribution >= 0.6 is 0 Å². The van der Waals surface area contributed by atoms with Crippen molar-refractivity contribution in [1.29, 1.82) is 0 Å². The van der Waals surface area contributed by atoms with E-state index in [0.29, 0.717) is 6.42 Å². The summed E-state index contributed by atoms with van der Waals surface area (Å²) in [6.07, 6.45) is 12.3. The highest BCUT2D eigenvalue weighted by atomic mass is 16.4. The summed E-state index contributed by atoms with van der Waals surface area (Å²) >= 11 is 0. The summed E-state index contributed by atoms with van der Waals surface area (Å²) in [4.78, 5) is 10.3. The number of unbranched alkanes of at least 4 members (excludes halogenated alkanes) is 8. The fourth-order valence-electron chi connectivity index (χ4n) is 2.72. The molecule has 4 heteroatoms. The van der Waals surface area contributed by atoms with Crippen molar-refractivity contribution < 1.29 is 20.1 Å². The first kappa shape index (κ1) is 21.4. The maximum atomic E-state index is 10.3. The molecule has 0 amide bonds. The summed E-state index contributed by atoms with van der Waals surface area (Å²) in [6, 6.07) is 0. The first-order valence-corrected chi connectivity index (χ1v) is 9.14. The van der Waals surface area contributed by atoms with Gasteiger partial charge in [0, 0.05) is 6.42 Å². The minimum Gasteiger partial charge on any atom is -0.481 e. The molecular weight excluding hydrogens is 280 g/mol. The van der Waals surface area contributed by atoms with Crippen molar-refractivity contribution in [1.82, 2.24) is 0 Å². The van der Waals surface area contributed by atoms with Gasteiger partial charge in [0.1, 0.15) is 0 Å². The van der Waals surface area contributed by atoms with Crippen LogP contribution in [-0.2, 0) is 4.79 Å². The van der Waals surface area contributed by atoms with E-state index in [2.05, 4.69) is 6.92 Å². The predicted molar refractivity (Wildman–Crippen MR) is 90.0 cm³/mol. The van der Waals surface area contributed by atoms with Gasteiger partial charge in [-0.25, -0.2) is 0 Å². The van der Waals surface area contributed by atoms with E-state index in [1.807, 2.05) is 0 Å². The minimum atomic E-state index is -0.712. The monoisotopic (exact) mass is 316 g/mol. The highest BCUT2D eigenvalue weighted by molar-refractivity contribution is 5.66. The van der Waals surface area contributed by atoms with E-state index in [4.69, 9.17) is 5.11 Å². The van der Waals surface area contributed by atoms with Crippen LogP contribution in [0.5, 0.6) is 0 Å². The molecule has 0 saturated carbocycles. The summed E-state index contributed by atoms with van der Waals surface area (Å²) in [5, 5.41) is 28.3. The quantitative estimate of drug-likeness (QED) is 0.371. The van der Waals surface area contributed by atoms with Crippen molar-refractivity contribution in [2.75, 3.05) is 0 Å². The van der Waals surface area contributed by atoms with Crippen LogP contribution in [0.1, 0.15) is 96.8 Å². The van der Waals surface area contributed by atoms with Crippen LogP contribution in [0.25, 0.3) is 0 Å². The maximum absolute atomic E-state index is 10.3. The molecule has 22 heavy (non-hydrogen) atoms. The van der Waals surface area contributed by atoms with Crippen molar-refractivity contribution in [2.45, 2.75) is 109 Å². The van der Waals surface area contributed by atoms with Crippen LogP contribution in [0.3, 0.4) is 0 Å². The van der Waals surface area contributed by atoms with Crippen LogP contribution in [-0.4, -0.2) is 33.5 Å². The Hall–Kier alpha value is -0.610. The van der Waals surface area contributed by atoms with Gasteiger partial charge in [0.05, 0.1) is 12.2 Å². The number of carbonyl (C=O) groups is 1. The Morgan fingerprint density at radius 3 is 1.73 bits per heavy atom. The molecule has 0 aromatic heterocycles. The Bertz CT molecular complexity index is 255. The Morgan fingerprint density at radius 1 is 0.773 bits per heavy atom. The SMILES string of the molecule is CCCCCC[C@@H](O)C[C@@H](O)CCCCCCCCC(=O)O. The molecule has 0 aromatic rings. The Labute approximate surface area is 135 Å². The summed E-state index contributed by atoms with van der Waals surface area (Å²) < 4.78 is 0. The van der Waals surface area contributed by atoms with E-state index in [1.54, 1.807) is 0 Å². The lowest BCUT2D eigenvalue weighted by molar-refractivity contribution is -0.137. The van der Waals surface area contributed by atoms with Crippen LogP contribution in [0, 0.1) is 0 Å². The van der Waals surface area contributed by atoms with Crippen molar-refractivity contribution in [3.63, 3.8) is 0 Å². The Morgan fingerprint density at radius 2 is 1.23 bits per heavy atom. The number of hydrogen-bond donors (Lipinski definition) is 3. The summed E-state index contributed by atoms with van der Waals surface area (Å²) in [5.74, 6) is -0.712. The summed E-state index contributed by atoms with van der Waals surface area (Å²) in [5.41, 5.74) is 0. The second kappa shape index (κ2) is 15.3. The van der Waals surface area contributed by atoms with Crippen molar-refractivity contribution in [2.24, 2.45) is 0 Å². The first-order chi connectivity index (χ1) is 10.6. The maximum Gasteiger partial charge on any atom is 0.303 e. The molecule has 0 rings (SSSR count). The van der Waals surface area contributed by atoms with Gasteiger partial charge in [0.2, 0.25) is 0 Å². The Balaban J connectivity index is 3.34. The second-order valence-electron chi connectivity index (χ2n) is 6.45. The molecule has 4 nitrogen and oxygen atoms in total. The third kappa shape index (κ3) is 15.8. The molecule has 0 fully saturated rings. The Kier molecular flexibility index (Phi) is 14.9. The van der Waals surface area contributed by atoms with Crippen LogP contribution in [0.4, 0.5) is 0 Å². The molecule has 0 aromatic carbocycles. The summed E-state index contributed by atoms with van der Waals surface area (Å²) in [6.45, 7) is 2.17. The number of carboxylic acid groups (broad SMARTS) is 1. The van der Waals surface area contributed by atoms with Crippen LogP contribution < -0.4 is 0 Å². The zero-order chi connectivity index (χ0) is 16.6. The minimum absolute atomic E-state index is 0.273. The van der Waals surface area contributed by atoms with E-state index >= 15 is 0 Å².